The second kappa shape index (κ2) is 13.9. The van der Waals surface area contributed by atoms with E-state index in [4.69, 9.17) is 11.5 Å². The van der Waals surface area contributed by atoms with Gasteiger partial charge in [-0.1, -0.05) is 26.2 Å². The quantitative estimate of drug-likeness (QED) is 0.290. The second-order valence-corrected chi connectivity index (χ2v) is 4.72. The van der Waals surface area contributed by atoms with Crippen molar-refractivity contribution in [3.63, 3.8) is 0 Å². The van der Waals surface area contributed by atoms with Gasteiger partial charge < -0.3 is 22.1 Å². The van der Waals surface area contributed by atoms with Crippen LogP contribution in [0.3, 0.4) is 0 Å². The Morgan fingerprint density at radius 3 is 1.82 bits per heavy atom. The van der Waals surface area contributed by atoms with E-state index in [1.54, 1.807) is 0 Å². The fourth-order valence-corrected chi connectivity index (χ4v) is 1.73. The van der Waals surface area contributed by atoms with E-state index in [0.717, 1.165) is 26.1 Å². The summed E-state index contributed by atoms with van der Waals surface area (Å²) in [7, 11) is 0. The van der Waals surface area contributed by atoms with E-state index in [1.807, 2.05) is 0 Å². The number of nitrogens with two attached hydrogens (primary N) is 2. The van der Waals surface area contributed by atoms with Crippen LogP contribution in [0.15, 0.2) is 0 Å². The summed E-state index contributed by atoms with van der Waals surface area (Å²) < 4.78 is 0. The third kappa shape index (κ3) is 15.8. The maximum absolute atomic E-state index is 5.45. The van der Waals surface area contributed by atoms with E-state index in [1.165, 1.54) is 45.1 Å². The first kappa shape index (κ1) is 16.8. The lowest BCUT2D eigenvalue weighted by Crippen LogP contribution is -2.34. The van der Waals surface area contributed by atoms with Crippen LogP contribution in [0.1, 0.15) is 51.9 Å². The second-order valence-electron chi connectivity index (χ2n) is 4.72. The van der Waals surface area contributed by atoms with Crippen molar-refractivity contribution < 1.29 is 0 Å². The molecule has 4 nitrogen and oxygen atoms in total. The topological polar surface area (TPSA) is 76.1 Å². The highest BCUT2D eigenvalue weighted by molar-refractivity contribution is 4.55. The molecule has 0 aliphatic rings. The molecule has 0 aliphatic heterocycles. The van der Waals surface area contributed by atoms with Crippen molar-refractivity contribution in [3.05, 3.63) is 0 Å². The van der Waals surface area contributed by atoms with Crippen molar-refractivity contribution in [2.24, 2.45) is 11.5 Å². The van der Waals surface area contributed by atoms with Gasteiger partial charge in [-0.2, -0.15) is 0 Å². The van der Waals surface area contributed by atoms with Crippen molar-refractivity contribution >= 4 is 0 Å². The van der Waals surface area contributed by atoms with Crippen LogP contribution < -0.4 is 22.1 Å². The summed E-state index contributed by atoms with van der Waals surface area (Å²) in [5.74, 6) is 0. The highest BCUT2D eigenvalue weighted by atomic mass is 14.9. The molecule has 0 spiro atoms. The number of unbranched alkanes of at least 4 members (excludes halogenated alkanes) is 4. The van der Waals surface area contributed by atoms with Gasteiger partial charge in [-0.3, -0.25) is 0 Å². The summed E-state index contributed by atoms with van der Waals surface area (Å²) in [5.41, 5.74) is 10.9. The Kier molecular flexibility index (Phi) is 13.8. The molecule has 17 heavy (non-hydrogen) atoms. The Morgan fingerprint density at radius 2 is 1.29 bits per heavy atom. The zero-order valence-electron chi connectivity index (χ0n) is 11.5. The molecule has 0 unspecified atom stereocenters. The molecule has 0 radical (unpaired) electrons. The van der Waals surface area contributed by atoms with Crippen molar-refractivity contribution in [2.45, 2.75) is 58.0 Å². The average Bonchev–Trinajstić information content (AvgIpc) is 2.30. The van der Waals surface area contributed by atoms with E-state index in [0.29, 0.717) is 0 Å². The standard InChI is InChI=1S/C13H32N4/c1-2-9-16-10-6-4-3-5-7-11-17-12-8-13(14)15/h13,16-17H,2-12,14-15H2,1H3. The Morgan fingerprint density at radius 1 is 0.765 bits per heavy atom. The van der Waals surface area contributed by atoms with Crippen LogP contribution in [0.5, 0.6) is 0 Å². The third-order valence-corrected chi connectivity index (χ3v) is 2.79. The molecule has 0 saturated carbocycles. The Hall–Kier alpha value is -0.160. The molecule has 0 atom stereocenters. The van der Waals surface area contributed by atoms with Gasteiger partial charge in [0, 0.05) is 0 Å². The van der Waals surface area contributed by atoms with E-state index in [-0.39, 0.29) is 6.17 Å². The van der Waals surface area contributed by atoms with Gasteiger partial charge in [0.15, 0.2) is 0 Å². The summed E-state index contributed by atoms with van der Waals surface area (Å²) >= 11 is 0. The minimum absolute atomic E-state index is 0.168. The fraction of sp³-hybridized carbons (Fsp3) is 1.00. The minimum Gasteiger partial charge on any atom is -0.317 e. The van der Waals surface area contributed by atoms with Crippen LogP contribution in [0.2, 0.25) is 0 Å². The molecule has 0 amide bonds. The summed E-state index contributed by atoms with van der Waals surface area (Å²) in [6, 6.07) is 0. The molecule has 6 N–H and O–H groups in total. The van der Waals surface area contributed by atoms with Gasteiger partial charge in [0.2, 0.25) is 0 Å². The van der Waals surface area contributed by atoms with Gasteiger partial charge in [-0.15, -0.1) is 0 Å². The zero-order chi connectivity index (χ0) is 12.8. The van der Waals surface area contributed by atoms with Gasteiger partial charge in [0.25, 0.3) is 0 Å². The number of hydrogen-bond donors (Lipinski definition) is 4. The van der Waals surface area contributed by atoms with Crippen molar-refractivity contribution in [1.82, 2.24) is 10.6 Å². The smallest absolute Gasteiger partial charge is 0.0533 e. The molecule has 0 aliphatic carbocycles. The Bertz CT molecular complexity index is 139. The van der Waals surface area contributed by atoms with Gasteiger partial charge in [-0.25, -0.2) is 0 Å². The van der Waals surface area contributed by atoms with E-state index >= 15 is 0 Å². The van der Waals surface area contributed by atoms with E-state index in [2.05, 4.69) is 17.6 Å². The predicted molar refractivity (Wildman–Crippen MR) is 75.9 cm³/mol. The lowest BCUT2D eigenvalue weighted by Gasteiger charge is -2.07. The SMILES string of the molecule is CCCNCCCCCCCNCCC(N)N. The van der Waals surface area contributed by atoms with Crippen LogP contribution in [0.25, 0.3) is 0 Å². The van der Waals surface area contributed by atoms with Crippen molar-refractivity contribution in [1.29, 1.82) is 0 Å². The lowest BCUT2D eigenvalue weighted by atomic mass is 10.1. The number of hydrogen-bond acceptors (Lipinski definition) is 4. The molecule has 0 aromatic carbocycles. The molecule has 0 fully saturated rings. The monoisotopic (exact) mass is 244 g/mol. The van der Waals surface area contributed by atoms with Crippen molar-refractivity contribution in [3.8, 4) is 0 Å². The van der Waals surface area contributed by atoms with Gasteiger partial charge in [-0.05, 0) is 51.9 Å². The predicted octanol–water partition coefficient (Wildman–Crippen LogP) is 1.16. The number of rotatable bonds is 13. The molecule has 104 valence electrons. The largest absolute Gasteiger partial charge is 0.317 e. The van der Waals surface area contributed by atoms with Crippen LogP contribution in [0.4, 0.5) is 0 Å². The highest BCUT2D eigenvalue weighted by Crippen LogP contribution is 2.01. The van der Waals surface area contributed by atoms with Crippen LogP contribution in [0, 0.1) is 0 Å². The molecule has 4 heteroatoms. The first-order valence-corrected chi connectivity index (χ1v) is 7.20. The summed E-state index contributed by atoms with van der Waals surface area (Å²) in [6.07, 6.45) is 8.54. The maximum Gasteiger partial charge on any atom is 0.0533 e. The molecule has 0 saturated heterocycles. The number of nitrogens with one attached hydrogen (secondary N) is 2. The Labute approximate surface area is 107 Å². The summed E-state index contributed by atoms with van der Waals surface area (Å²) in [6.45, 7) is 6.59. The maximum atomic E-state index is 5.45. The minimum atomic E-state index is -0.168. The highest BCUT2D eigenvalue weighted by Gasteiger charge is 1.94. The van der Waals surface area contributed by atoms with Gasteiger partial charge in [0.05, 0.1) is 6.17 Å². The normalized spacial score (nSPS) is 11.3. The zero-order valence-corrected chi connectivity index (χ0v) is 11.5. The third-order valence-electron chi connectivity index (χ3n) is 2.79. The first-order valence-electron chi connectivity index (χ1n) is 7.20. The molecular weight excluding hydrogens is 212 g/mol. The molecule has 0 aromatic heterocycles. The molecule has 0 rings (SSSR count). The van der Waals surface area contributed by atoms with E-state index in [9.17, 15) is 0 Å². The first-order chi connectivity index (χ1) is 8.27. The Balaban J connectivity index is 2.89. The molecule has 0 bridgehead atoms. The van der Waals surface area contributed by atoms with Crippen LogP contribution >= 0.6 is 0 Å². The molecule has 0 heterocycles. The van der Waals surface area contributed by atoms with Crippen LogP contribution in [-0.4, -0.2) is 32.3 Å². The van der Waals surface area contributed by atoms with Gasteiger partial charge >= 0.3 is 0 Å². The molecular formula is C13H32N4. The summed E-state index contributed by atoms with van der Waals surface area (Å²) in [5, 5.41) is 6.79. The molecule has 0 aromatic rings. The average molecular weight is 244 g/mol. The van der Waals surface area contributed by atoms with Crippen molar-refractivity contribution in [2.75, 3.05) is 26.2 Å². The van der Waals surface area contributed by atoms with Crippen LogP contribution in [-0.2, 0) is 0 Å². The van der Waals surface area contributed by atoms with Gasteiger partial charge in [0.1, 0.15) is 0 Å². The lowest BCUT2D eigenvalue weighted by molar-refractivity contribution is 0.534. The van der Waals surface area contributed by atoms with E-state index < -0.39 is 0 Å². The fourth-order valence-electron chi connectivity index (χ4n) is 1.73. The summed E-state index contributed by atoms with van der Waals surface area (Å²) in [4.78, 5) is 0.